The van der Waals surface area contributed by atoms with E-state index in [1.165, 1.54) is 14.8 Å². The summed E-state index contributed by atoms with van der Waals surface area (Å²) in [6, 6.07) is 8.48. The molecule has 1 rings (SSSR count). The molecule has 0 aromatic heterocycles. The summed E-state index contributed by atoms with van der Waals surface area (Å²) in [5.41, 5.74) is 2.62. The zero-order chi connectivity index (χ0) is 12.0. The van der Waals surface area contributed by atoms with Gasteiger partial charge >= 0.3 is 0 Å². The molecule has 0 spiro atoms. The van der Waals surface area contributed by atoms with Crippen molar-refractivity contribution in [3.05, 3.63) is 52.6 Å². The van der Waals surface area contributed by atoms with Gasteiger partial charge in [0.25, 0.3) is 0 Å². The van der Waals surface area contributed by atoms with Crippen molar-refractivity contribution < 1.29 is 0 Å². The van der Waals surface area contributed by atoms with Crippen LogP contribution in [0.3, 0.4) is 0 Å². The fourth-order valence-corrected chi connectivity index (χ4v) is 1.86. The molecule has 0 radical (unpaired) electrons. The monoisotopic (exact) mass is 327 g/mol. The Morgan fingerprint density at radius 2 is 2.12 bits per heavy atom. The fraction of sp³-hybridized carbons (Fsp3) is 0.286. The van der Waals surface area contributed by atoms with Crippen LogP contribution in [-0.4, -0.2) is 13.6 Å². The van der Waals surface area contributed by atoms with Crippen LogP contribution in [0.25, 0.3) is 0 Å². The number of para-hydroxylation sites is 1. The molecule has 1 aromatic carbocycles. The molecule has 0 unspecified atom stereocenters. The lowest BCUT2D eigenvalue weighted by atomic mass is 10.1. The van der Waals surface area contributed by atoms with Crippen LogP contribution < -0.4 is 4.90 Å². The zero-order valence-electron chi connectivity index (χ0n) is 9.75. The molecule has 0 atom stereocenters. The van der Waals surface area contributed by atoms with Crippen molar-refractivity contribution in [3.8, 4) is 0 Å². The Balaban J connectivity index is 2.76. The second-order valence-corrected chi connectivity index (χ2v) is 5.34. The highest BCUT2D eigenvalue weighted by molar-refractivity contribution is 14.1. The van der Waals surface area contributed by atoms with Gasteiger partial charge in [-0.25, -0.2) is 0 Å². The number of hydrogen-bond acceptors (Lipinski definition) is 1. The quantitative estimate of drug-likeness (QED) is 0.559. The van der Waals surface area contributed by atoms with Crippen molar-refractivity contribution in [1.82, 2.24) is 0 Å². The first-order valence-electron chi connectivity index (χ1n) is 5.38. The highest BCUT2D eigenvalue weighted by Crippen LogP contribution is 2.21. The molecule has 0 amide bonds. The summed E-state index contributed by atoms with van der Waals surface area (Å²) < 4.78 is 1.20. The van der Waals surface area contributed by atoms with Crippen LogP contribution in [-0.2, 0) is 6.42 Å². The van der Waals surface area contributed by atoms with Crippen LogP contribution in [0.4, 0.5) is 5.69 Å². The molecule has 0 bridgehead atoms. The first kappa shape index (κ1) is 13.3. The molecule has 0 saturated heterocycles. The van der Waals surface area contributed by atoms with Gasteiger partial charge in [-0.1, -0.05) is 30.9 Å². The van der Waals surface area contributed by atoms with Crippen molar-refractivity contribution in [2.24, 2.45) is 0 Å². The summed E-state index contributed by atoms with van der Waals surface area (Å²) in [5.74, 6) is 0. The van der Waals surface area contributed by atoms with Crippen LogP contribution in [0.5, 0.6) is 0 Å². The van der Waals surface area contributed by atoms with Gasteiger partial charge in [0.2, 0.25) is 0 Å². The zero-order valence-corrected chi connectivity index (χ0v) is 11.9. The van der Waals surface area contributed by atoms with Crippen LogP contribution >= 0.6 is 22.6 Å². The number of halogens is 1. The molecule has 0 aliphatic rings. The van der Waals surface area contributed by atoms with Crippen LogP contribution in [0.2, 0.25) is 0 Å². The van der Waals surface area contributed by atoms with Crippen molar-refractivity contribution in [3.63, 3.8) is 0 Å². The van der Waals surface area contributed by atoms with Crippen molar-refractivity contribution in [2.75, 3.05) is 18.5 Å². The van der Waals surface area contributed by atoms with E-state index in [9.17, 15) is 0 Å². The van der Waals surface area contributed by atoms with Crippen LogP contribution in [0, 0.1) is 0 Å². The predicted octanol–water partition coefficient (Wildman–Crippen LogP) is 4.19. The molecule has 2 heteroatoms. The highest BCUT2D eigenvalue weighted by atomic mass is 127. The smallest absolute Gasteiger partial charge is 0.0399 e. The molecule has 0 aliphatic heterocycles. The largest absolute Gasteiger partial charge is 0.374 e. The third-order valence-electron chi connectivity index (χ3n) is 2.49. The maximum atomic E-state index is 3.92. The topological polar surface area (TPSA) is 3.24 Å². The average Bonchev–Trinajstić information content (AvgIpc) is 2.27. The van der Waals surface area contributed by atoms with E-state index in [0.717, 1.165) is 19.4 Å². The maximum absolute atomic E-state index is 3.92. The van der Waals surface area contributed by atoms with Gasteiger partial charge in [-0.15, -0.1) is 6.58 Å². The van der Waals surface area contributed by atoms with Crippen molar-refractivity contribution in [1.29, 1.82) is 0 Å². The molecular weight excluding hydrogens is 309 g/mol. The summed E-state index contributed by atoms with van der Waals surface area (Å²) in [6.07, 6.45) is 3.90. The molecule has 1 nitrogen and oxygen atoms in total. The Bertz CT molecular complexity index is 371. The third kappa shape index (κ3) is 4.00. The number of rotatable bonds is 6. The number of anilines is 1. The predicted molar refractivity (Wildman–Crippen MR) is 81.4 cm³/mol. The standard InChI is InChI=1S/C14H18IN/c1-4-7-13-8-5-6-9-14(13)16(3)11-10-12(2)15/h4-6,8-9H,1-2,7,10-11H2,3H3. The van der Waals surface area contributed by atoms with Crippen LogP contribution in [0.1, 0.15) is 12.0 Å². The van der Waals surface area contributed by atoms with Gasteiger partial charge in [0.15, 0.2) is 0 Å². The summed E-state index contributed by atoms with van der Waals surface area (Å²) in [4.78, 5) is 2.28. The Morgan fingerprint density at radius 1 is 1.44 bits per heavy atom. The van der Waals surface area contributed by atoms with E-state index >= 15 is 0 Å². The average molecular weight is 327 g/mol. The molecule has 0 fully saturated rings. The summed E-state index contributed by atoms with van der Waals surface area (Å²) in [6.45, 7) is 8.73. The van der Waals surface area contributed by atoms with Gasteiger partial charge in [0.05, 0.1) is 0 Å². The Morgan fingerprint density at radius 3 is 2.75 bits per heavy atom. The molecule has 1 aromatic rings. The summed E-state index contributed by atoms with van der Waals surface area (Å²) in [5, 5.41) is 0. The Hall–Kier alpha value is -0.770. The Labute approximate surface area is 112 Å². The minimum atomic E-state index is 0.922. The van der Waals surface area contributed by atoms with Crippen molar-refractivity contribution >= 4 is 28.3 Å². The highest BCUT2D eigenvalue weighted by Gasteiger charge is 2.05. The van der Waals surface area contributed by atoms with Crippen molar-refractivity contribution in [2.45, 2.75) is 12.8 Å². The normalized spacial score (nSPS) is 9.88. The van der Waals surface area contributed by atoms with E-state index in [-0.39, 0.29) is 0 Å². The number of nitrogens with zero attached hydrogens (tertiary/aromatic N) is 1. The SMILES string of the molecule is C=CCc1ccccc1N(C)CCC(=C)I. The maximum Gasteiger partial charge on any atom is 0.0399 e. The van der Waals surface area contributed by atoms with E-state index in [1.807, 2.05) is 6.08 Å². The number of hydrogen-bond donors (Lipinski definition) is 0. The Kier molecular flexibility index (Phi) is 5.60. The lowest BCUT2D eigenvalue weighted by Crippen LogP contribution is -2.19. The van der Waals surface area contributed by atoms with Gasteiger partial charge in [-0.3, -0.25) is 0 Å². The van der Waals surface area contributed by atoms with Gasteiger partial charge < -0.3 is 4.90 Å². The molecule has 0 saturated carbocycles. The second-order valence-electron chi connectivity index (χ2n) is 3.81. The fourth-order valence-electron chi connectivity index (χ4n) is 1.62. The molecular formula is C14H18IN. The van der Waals surface area contributed by atoms with E-state index in [0.29, 0.717) is 0 Å². The summed E-state index contributed by atoms with van der Waals surface area (Å²) >= 11 is 2.28. The first-order chi connectivity index (χ1) is 7.65. The number of allylic oxidation sites excluding steroid dienone is 1. The first-order valence-corrected chi connectivity index (χ1v) is 6.46. The lowest BCUT2D eigenvalue weighted by Gasteiger charge is -2.22. The van der Waals surface area contributed by atoms with Gasteiger partial charge in [0, 0.05) is 19.3 Å². The van der Waals surface area contributed by atoms with E-state index < -0.39 is 0 Å². The lowest BCUT2D eigenvalue weighted by molar-refractivity contribution is 0.890. The minimum Gasteiger partial charge on any atom is -0.374 e. The van der Waals surface area contributed by atoms with E-state index in [1.54, 1.807) is 0 Å². The van der Waals surface area contributed by atoms with Gasteiger partial charge in [-0.2, -0.15) is 0 Å². The molecule has 16 heavy (non-hydrogen) atoms. The van der Waals surface area contributed by atoms with E-state index in [2.05, 4.69) is 72.0 Å². The second kappa shape index (κ2) is 6.74. The van der Waals surface area contributed by atoms with Crippen LogP contribution in [0.15, 0.2) is 47.1 Å². The van der Waals surface area contributed by atoms with Gasteiger partial charge in [0.1, 0.15) is 0 Å². The third-order valence-corrected chi connectivity index (χ3v) is 3.02. The molecule has 0 aliphatic carbocycles. The molecule has 86 valence electrons. The number of benzene rings is 1. The minimum absolute atomic E-state index is 0.922. The molecule has 0 N–H and O–H groups in total. The van der Waals surface area contributed by atoms with E-state index in [4.69, 9.17) is 0 Å². The van der Waals surface area contributed by atoms with Gasteiger partial charge in [-0.05, 0) is 50.6 Å². The summed E-state index contributed by atoms with van der Waals surface area (Å²) in [7, 11) is 2.13. The molecule has 0 heterocycles.